The quantitative estimate of drug-likeness (QED) is 0.502. The minimum Gasteiger partial charge on any atom is -0.454 e. The Morgan fingerprint density at radius 3 is 2.79 bits per heavy atom. The third-order valence-electron chi connectivity index (χ3n) is 4.06. The standard InChI is InChI=1S/C19H21IN4O4S/c1-3-4-9-24-17(22-11(2)25)15(16(21)26)23-19(24)29-14-10-27-18(28-14)12-7-5-6-8-13(12)20/h5-8,10,18H,3-4,9H2,1-2H3,(H2,21,26)(H,22,25). The van der Waals surface area contributed by atoms with Gasteiger partial charge in [-0.15, -0.1) is 0 Å². The molecule has 1 atom stereocenters. The summed E-state index contributed by atoms with van der Waals surface area (Å²) in [7, 11) is 0. The van der Waals surface area contributed by atoms with E-state index in [2.05, 4.69) is 39.8 Å². The molecule has 154 valence electrons. The van der Waals surface area contributed by atoms with Crippen LogP contribution in [0.4, 0.5) is 5.82 Å². The van der Waals surface area contributed by atoms with Crippen molar-refractivity contribution in [2.45, 2.75) is 44.7 Å². The number of primary amides is 1. The zero-order chi connectivity index (χ0) is 21.0. The monoisotopic (exact) mass is 528 g/mol. The van der Waals surface area contributed by atoms with Crippen LogP contribution in [0.2, 0.25) is 0 Å². The summed E-state index contributed by atoms with van der Waals surface area (Å²) in [4.78, 5) is 27.9. The first-order valence-corrected chi connectivity index (χ1v) is 10.9. The molecule has 0 saturated heterocycles. The van der Waals surface area contributed by atoms with E-state index in [4.69, 9.17) is 15.2 Å². The van der Waals surface area contributed by atoms with E-state index in [-0.39, 0.29) is 11.6 Å². The van der Waals surface area contributed by atoms with Crippen LogP contribution >= 0.6 is 34.4 Å². The number of ether oxygens (including phenoxy) is 2. The number of rotatable bonds is 8. The number of amides is 2. The molecular weight excluding hydrogens is 507 g/mol. The number of aromatic nitrogens is 2. The lowest BCUT2D eigenvalue weighted by Crippen LogP contribution is -2.18. The number of halogens is 1. The van der Waals surface area contributed by atoms with Crippen LogP contribution in [0.15, 0.2) is 40.8 Å². The summed E-state index contributed by atoms with van der Waals surface area (Å²) < 4.78 is 14.4. The van der Waals surface area contributed by atoms with E-state index in [0.29, 0.717) is 22.6 Å². The van der Waals surface area contributed by atoms with Crippen molar-refractivity contribution >= 4 is 52.0 Å². The first-order valence-electron chi connectivity index (χ1n) is 9.03. The summed E-state index contributed by atoms with van der Waals surface area (Å²) in [6.07, 6.45) is 2.76. The van der Waals surface area contributed by atoms with Gasteiger partial charge in [-0.1, -0.05) is 31.5 Å². The Morgan fingerprint density at radius 2 is 2.14 bits per heavy atom. The lowest BCUT2D eigenvalue weighted by Gasteiger charge is -2.14. The highest BCUT2D eigenvalue weighted by molar-refractivity contribution is 14.1. The molecule has 2 aromatic rings. The minimum atomic E-state index is -0.708. The van der Waals surface area contributed by atoms with Crippen molar-refractivity contribution in [2.24, 2.45) is 5.73 Å². The molecule has 1 aromatic heterocycles. The van der Waals surface area contributed by atoms with Gasteiger partial charge in [-0.2, -0.15) is 0 Å². The van der Waals surface area contributed by atoms with Gasteiger partial charge < -0.3 is 25.1 Å². The summed E-state index contributed by atoms with van der Waals surface area (Å²) in [6, 6.07) is 7.79. The first-order chi connectivity index (χ1) is 13.9. The molecule has 2 amide bonds. The fourth-order valence-electron chi connectivity index (χ4n) is 2.72. The van der Waals surface area contributed by atoms with Gasteiger partial charge in [0.2, 0.25) is 11.0 Å². The summed E-state index contributed by atoms with van der Waals surface area (Å²) >= 11 is 3.45. The minimum absolute atomic E-state index is 0.0208. The molecule has 1 unspecified atom stereocenters. The van der Waals surface area contributed by atoms with Crippen molar-refractivity contribution in [2.75, 3.05) is 5.32 Å². The number of carbonyl (C=O) groups is 2. The molecule has 8 nitrogen and oxygen atoms in total. The summed E-state index contributed by atoms with van der Waals surface area (Å²) in [5, 5.41) is 3.67. The highest BCUT2D eigenvalue weighted by Crippen LogP contribution is 2.39. The number of unbranched alkanes of at least 4 members (excludes halogenated alkanes) is 1. The van der Waals surface area contributed by atoms with Gasteiger partial charge in [-0.25, -0.2) is 4.98 Å². The number of imidazole rings is 1. The van der Waals surface area contributed by atoms with Gasteiger partial charge >= 0.3 is 0 Å². The maximum atomic E-state index is 11.9. The normalized spacial score (nSPS) is 15.4. The van der Waals surface area contributed by atoms with Gasteiger partial charge in [0.05, 0.1) is 0 Å². The number of hydrogen-bond acceptors (Lipinski definition) is 6. The Kier molecular flexibility index (Phi) is 7.06. The number of benzene rings is 1. The van der Waals surface area contributed by atoms with Gasteiger partial charge in [-0.05, 0) is 46.8 Å². The second-order valence-electron chi connectivity index (χ2n) is 6.29. The molecule has 0 aliphatic carbocycles. The average molecular weight is 528 g/mol. The van der Waals surface area contributed by atoms with Crippen LogP contribution in [0, 0.1) is 3.57 Å². The molecule has 3 rings (SSSR count). The number of nitrogens with one attached hydrogen (secondary N) is 1. The Labute approximate surface area is 186 Å². The third-order valence-corrected chi connectivity index (χ3v) is 5.93. The van der Waals surface area contributed by atoms with Crippen molar-refractivity contribution < 1.29 is 19.1 Å². The molecule has 0 spiro atoms. The van der Waals surface area contributed by atoms with Crippen molar-refractivity contribution in [3.8, 4) is 0 Å². The van der Waals surface area contributed by atoms with E-state index >= 15 is 0 Å². The van der Waals surface area contributed by atoms with Crippen LogP contribution in [0.1, 0.15) is 49.0 Å². The number of nitrogens with two attached hydrogens (primary N) is 1. The molecule has 1 aromatic carbocycles. The van der Waals surface area contributed by atoms with Crippen LogP contribution in [0.3, 0.4) is 0 Å². The number of hydrogen-bond donors (Lipinski definition) is 2. The fourth-order valence-corrected chi connectivity index (χ4v) is 4.21. The van der Waals surface area contributed by atoms with E-state index < -0.39 is 12.2 Å². The SMILES string of the molecule is CCCCn1c(SC2=COC(c3ccccc3I)O2)nc(C(N)=O)c1NC(C)=O. The van der Waals surface area contributed by atoms with E-state index in [9.17, 15) is 9.59 Å². The van der Waals surface area contributed by atoms with E-state index in [1.165, 1.54) is 24.9 Å². The molecule has 0 fully saturated rings. The molecule has 2 heterocycles. The van der Waals surface area contributed by atoms with E-state index in [1.807, 2.05) is 24.3 Å². The number of anilines is 1. The van der Waals surface area contributed by atoms with Gasteiger partial charge in [0.15, 0.2) is 10.9 Å². The molecule has 1 aliphatic rings. The number of thioether (sulfide) groups is 1. The molecule has 0 saturated carbocycles. The molecule has 1 aliphatic heterocycles. The fraction of sp³-hybridized carbons (Fsp3) is 0.316. The van der Waals surface area contributed by atoms with Crippen molar-refractivity contribution in [3.05, 3.63) is 50.4 Å². The third kappa shape index (κ3) is 5.04. The second-order valence-corrected chi connectivity index (χ2v) is 8.42. The maximum Gasteiger partial charge on any atom is 0.271 e. The lowest BCUT2D eigenvalue weighted by molar-refractivity contribution is -0.114. The highest BCUT2D eigenvalue weighted by atomic mass is 127. The van der Waals surface area contributed by atoms with Crippen LogP contribution < -0.4 is 11.1 Å². The van der Waals surface area contributed by atoms with Gasteiger partial charge in [0.1, 0.15) is 12.1 Å². The second kappa shape index (κ2) is 9.53. The summed E-state index contributed by atoms with van der Waals surface area (Å²) in [5.74, 6) is -0.713. The van der Waals surface area contributed by atoms with Crippen molar-refractivity contribution in [1.82, 2.24) is 9.55 Å². The molecule has 0 radical (unpaired) electrons. The zero-order valence-electron chi connectivity index (χ0n) is 16.0. The maximum absolute atomic E-state index is 11.9. The van der Waals surface area contributed by atoms with Crippen molar-refractivity contribution in [1.29, 1.82) is 0 Å². The zero-order valence-corrected chi connectivity index (χ0v) is 19.0. The molecule has 3 N–H and O–H groups in total. The number of nitrogens with zero attached hydrogens (tertiary/aromatic N) is 2. The van der Waals surface area contributed by atoms with Crippen LogP contribution in [0.5, 0.6) is 0 Å². The molecule has 0 bridgehead atoms. The largest absolute Gasteiger partial charge is 0.454 e. The topological polar surface area (TPSA) is 108 Å². The van der Waals surface area contributed by atoms with Gasteiger partial charge in [0.25, 0.3) is 12.2 Å². The average Bonchev–Trinajstić information content (AvgIpc) is 3.25. The lowest BCUT2D eigenvalue weighted by atomic mass is 10.2. The summed E-state index contributed by atoms with van der Waals surface area (Å²) in [6.45, 7) is 4.00. The van der Waals surface area contributed by atoms with Gasteiger partial charge in [-0.3, -0.25) is 9.59 Å². The molecular formula is C19H21IN4O4S. The Balaban J connectivity index is 1.85. The molecule has 10 heteroatoms. The number of carbonyl (C=O) groups excluding carboxylic acids is 2. The van der Waals surface area contributed by atoms with Crippen LogP contribution in [0.25, 0.3) is 0 Å². The Bertz CT molecular complexity index is 960. The Hall–Kier alpha value is -2.21. The highest BCUT2D eigenvalue weighted by Gasteiger charge is 2.28. The Morgan fingerprint density at radius 1 is 1.38 bits per heavy atom. The smallest absolute Gasteiger partial charge is 0.271 e. The van der Waals surface area contributed by atoms with Gasteiger partial charge in [0, 0.05) is 22.6 Å². The van der Waals surface area contributed by atoms with Crippen LogP contribution in [-0.2, 0) is 20.8 Å². The van der Waals surface area contributed by atoms with Crippen LogP contribution in [-0.4, -0.2) is 21.4 Å². The predicted molar refractivity (Wildman–Crippen MR) is 118 cm³/mol. The van der Waals surface area contributed by atoms with E-state index in [0.717, 1.165) is 22.0 Å². The molecule has 29 heavy (non-hydrogen) atoms. The van der Waals surface area contributed by atoms with E-state index in [1.54, 1.807) is 4.57 Å². The van der Waals surface area contributed by atoms with Crippen molar-refractivity contribution in [3.63, 3.8) is 0 Å². The first kappa shape index (κ1) is 21.5. The predicted octanol–water partition coefficient (Wildman–Crippen LogP) is 3.98. The summed E-state index contributed by atoms with van der Waals surface area (Å²) in [5.41, 5.74) is 6.42.